The number of hydrogen-bond donors (Lipinski definition) is 1. The van der Waals surface area contributed by atoms with E-state index in [1.807, 2.05) is 24.3 Å². The van der Waals surface area contributed by atoms with Crippen LogP contribution in [0.15, 0.2) is 54.6 Å². The van der Waals surface area contributed by atoms with Crippen molar-refractivity contribution < 1.29 is 27.6 Å². The van der Waals surface area contributed by atoms with E-state index in [2.05, 4.69) is 34.5 Å². The molecule has 3 amide bonds. The molecule has 1 atom stereocenters. The lowest BCUT2D eigenvalue weighted by molar-refractivity contribution is -0.149. The molecule has 1 unspecified atom stereocenters. The Hall–Kier alpha value is -3.76. The molecule has 3 heterocycles. The quantitative estimate of drug-likeness (QED) is 0.472. The maximum absolute atomic E-state index is 13.4. The predicted octanol–water partition coefficient (Wildman–Crippen LogP) is 3.88. The second-order valence-corrected chi connectivity index (χ2v) is 10.8. The molecule has 3 aromatic carbocycles. The molecule has 6 rings (SSSR count). The molecule has 7 nitrogen and oxygen atoms in total. The minimum Gasteiger partial charge on any atom is -0.297 e. The normalized spacial score (nSPS) is 20.4. The van der Waals surface area contributed by atoms with Crippen LogP contribution in [0.4, 0.5) is 18.9 Å². The average Bonchev–Trinajstić information content (AvgIpc) is 3.20. The number of nitrogens with zero attached hydrogens (tertiary/aromatic N) is 3. The maximum Gasteiger partial charge on any atom is 0.401 e. The molecule has 0 aliphatic carbocycles. The van der Waals surface area contributed by atoms with Gasteiger partial charge in [-0.25, -0.2) is 0 Å². The molecule has 2 saturated heterocycles. The molecule has 208 valence electrons. The Bertz CT molecular complexity index is 1480. The summed E-state index contributed by atoms with van der Waals surface area (Å²) in [6, 6.07) is 17.1. The van der Waals surface area contributed by atoms with E-state index in [4.69, 9.17) is 0 Å². The zero-order valence-electron chi connectivity index (χ0n) is 21.8. The van der Waals surface area contributed by atoms with Crippen molar-refractivity contribution in [1.82, 2.24) is 15.1 Å². The Morgan fingerprint density at radius 2 is 1.55 bits per heavy atom. The SMILES string of the molecule is O=C1CCC(N2C(=O)c3cccc4c(Cc5ccc(CN6CCN(CC(F)(F)F)CC6)cc5)ccc2c34)C(=O)N1. The first-order valence-corrected chi connectivity index (χ1v) is 13.5. The molecule has 3 aliphatic heterocycles. The number of piperazine rings is 1. The summed E-state index contributed by atoms with van der Waals surface area (Å²) in [5.41, 5.74) is 4.53. The first kappa shape index (κ1) is 26.5. The van der Waals surface area contributed by atoms with Crippen LogP contribution in [0.1, 0.15) is 39.9 Å². The molecule has 1 N–H and O–H groups in total. The van der Waals surface area contributed by atoms with Crippen molar-refractivity contribution in [3.05, 3.63) is 76.9 Å². The second kappa shape index (κ2) is 10.3. The average molecular weight is 551 g/mol. The minimum absolute atomic E-state index is 0.196. The van der Waals surface area contributed by atoms with Gasteiger partial charge in [0, 0.05) is 50.1 Å². The number of anilines is 1. The van der Waals surface area contributed by atoms with Crippen molar-refractivity contribution in [2.24, 2.45) is 0 Å². The molecule has 0 radical (unpaired) electrons. The molecule has 10 heteroatoms. The molecule has 0 spiro atoms. The van der Waals surface area contributed by atoms with Gasteiger partial charge in [-0.1, -0.05) is 42.5 Å². The van der Waals surface area contributed by atoms with Crippen LogP contribution in [0.25, 0.3) is 10.8 Å². The third-order valence-corrected chi connectivity index (χ3v) is 8.03. The van der Waals surface area contributed by atoms with Gasteiger partial charge in [0.1, 0.15) is 6.04 Å². The van der Waals surface area contributed by atoms with E-state index in [-0.39, 0.29) is 18.2 Å². The molecule has 3 aromatic rings. The molecular formula is C30H29F3N4O3. The van der Waals surface area contributed by atoms with Gasteiger partial charge >= 0.3 is 6.18 Å². The predicted molar refractivity (Wildman–Crippen MR) is 144 cm³/mol. The summed E-state index contributed by atoms with van der Waals surface area (Å²) in [5, 5.41) is 4.14. The number of piperidine rings is 1. The summed E-state index contributed by atoms with van der Waals surface area (Å²) in [7, 11) is 0. The van der Waals surface area contributed by atoms with E-state index in [0.717, 1.165) is 27.5 Å². The van der Waals surface area contributed by atoms with Gasteiger partial charge in [-0.2, -0.15) is 13.2 Å². The van der Waals surface area contributed by atoms with Crippen LogP contribution in [0.5, 0.6) is 0 Å². The molecule has 40 heavy (non-hydrogen) atoms. The topological polar surface area (TPSA) is 73.0 Å². The molecule has 0 aromatic heterocycles. The van der Waals surface area contributed by atoms with E-state index >= 15 is 0 Å². The molecule has 0 saturated carbocycles. The van der Waals surface area contributed by atoms with Crippen LogP contribution in [0, 0.1) is 0 Å². The molecule has 0 bridgehead atoms. The molecule has 2 fully saturated rings. The van der Waals surface area contributed by atoms with Gasteiger partial charge in [0.2, 0.25) is 11.8 Å². The van der Waals surface area contributed by atoms with Crippen molar-refractivity contribution in [1.29, 1.82) is 0 Å². The van der Waals surface area contributed by atoms with Crippen molar-refractivity contribution in [3.8, 4) is 0 Å². The Morgan fingerprint density at radius 3 is 2.25 bits per heavy atom. The third-order valence-electron chi connectivity index (χ3n) is 8.03. The van der Waals surface area contributed by atoms with E-state index in [0.29, 0.717) is 56.8 Å². The first-order valence-electron chi connectivity index (χ1n) is 13.5. The lowest BCUT2D eigenvalue weighted by atomic mass is 9.95. The maximum atomic E-state index is 13.4. The summed E-state index contributed by atoms with van der Waals surface area (Å²) in [4.78, 5) is 42.7. The summed E-state index contributed by atoms with van der Waals surface area (Å²) in [6.45, 7) is 1.87. The number of carbonyl (C=O) groups is 3. The van der Waals surface area contributed by atoms with E-state index in [9.17, 15) is 27.6 Å². The number of rotatable bonds is 6. The van der Waals surface area contributed by atoms with Gasteiger partial charge in [0.15, 0.2) is 0 Å². The zero-order valence-corrected chi connectivity index (χ0v) is 21.8. The Morgan fingerprint density at radius 1 is 0.850 bits per heavy atom. The summed E-state index contributed by atoms with van der Waals surface area (Å²) in [6.07, 6.45) is -3.01. The van der Waals surface area contributed by atoms with Crippen molar-refractivity contribution >= 4 is 34.2 Å². The van der Waals surface area contributed by atoms with Gasteiger partial charge in [-0.15, -0.1) is 0 Å². The van der Waals surface area contributed by atoms with Crippen LogP contribution in [-0.4, -0.2) is 72.5 Å². The number of carbonyl (C=O) groups excluding carboxylic acids is 3. The Kier molecular flexibility index (Phi) is 6.83. The lowest BCUT2D eigenvalue weighted by Crippen LogP contribution is -2.53. The van der Waals surface area contributed by atoms with Crippen molar-refractivity contribution in [2.75, 3.05) is 37.6 Å². The van der Waals surface area contributed by atoms with Crippen LogP contribution in [-0.2, 0) is 22.6 Å². The van der Waals surface area contributed by atoms with Gasteiger partial charge in [-0.3, -0.25) is 34.4 Å². The Balaban J connectivity index is 1.16. The van der Waals surface area contributed by atoms with E-state index < -0.39 is 24.7 Å². The monoisotopic (exact) mass is 550 g/mol. The highest BCUT2D eigenvalue weighted by atomic mass is 19.4. The third kappa shape index (κ3) is 5.21. The summed E-state index contributed by atoms with van der Waals surface area (Å²) in [5.74, 6) is -0.991. The van der Waals surface area contributed by atoms with Gasteiger partial charge in [-0.05, 0) is 47.1 Å². The number of alkyl halides is 3. The fourth-order valence-electron chi connectivity index (χ4n) is 6.06. The largest absolute Gasteiger partial charge is 0.401 e. The second-order valence-electron chi connectivity index (χ2n) is 10.8. The fourth-order valence-corrected chi connectivity index (χ4v) is 6.06. The van der Waals surface area contributed by atoms with Gasteiger partial charge in [0.05, 0.1) is 12.2 Å². The highest BCUT2D eigenvalue weighted by molar-refractivity contribution is 6.27. The smallest absolute Gasteiger partial charge is 0.297 e. The summed E-state index contributed by atoms with van der Waals surface area (Å²) >= 11 is 0. The molecular weight excluding hydrogens is 521 g/mol. The zero-order chi connectivity index (χ0) is 28.0. The van der Waals surface area contributed by atoms with Crippen molar-refractivity contribution in [3.63, 3.8) is 0 Å². The lowest BCUT2D eigenvalue weighted by Gasteiger charge is -2.35. The van der Waals surface area contributed by atoms with E-state index in [1.165, 1.54) is 9.80 Å². The Labute approximate surface area is 229 Å². The van der Waals surface area contributed by atoms with Crippen LogP contribution >= 0.6 is 0 Å². The number of hydrogen-bond acceptors (Lipinski definition) is 5. The van der Waals surface area contributed by atoms with Gasteiger partial charge < -0.3 is 0 Å². The number of imide groups is 1. The standard InChI is InChI=1S/C30H29F3N4O3/c31-30(32,33)18-36-14-12-35(13-15-36)17-20-6-4-19(5-7-20)16-21-8-9-24-27-22(21)2-1-3-23(27)29(40)37(24)25-10-11-26(38)34-28(25)39/h1-9,25H,10-18H2,(H,34,38,39). The minimum atomic E-state index is -4.16. The van der Waals surface area contributed by atoms with Crippen molar-refractivity contribution in [2.45, 2.75) is 38.0 Å². The number of benzene rings is 3. The number of nitrogens with one attached hydrogen (secondary N) is 1. The molecule has 3 aliphatic rings. The van der Waals surface area contributed by atoms with Crippen LogP contribution in [0.2, 0.25) is 0 Å². The highest BCUT2D eigenvalue weighted by Gasteiger charge is 2.40. The van der Waals surface area contributed by atoms with Crippen LogP contribution in [0.3, 0.4) is 0 Å². The van der Waals surface area contributed by atoms with Gasteiger partial charge in [0.25, 0.3) is 5.91 Å². The highest BCUT2D eigenvalue weighted by Crippen LogP contribution is 2.41. The fraction of sp³-hybridized carbons (Fsp3) is 0.367. The number of amides is 3. The van der Waals surface area contributed by atoms with Crippen LogP contribution < -0.4 is 10.2 Å². The number of halogens is 3. The first-order chi connectivity index (χ1) is 19.2. The summed E-state index contributed by atoms with van der Waals surface area (Å²) < 4.78 is 37.9. The van der Waals surface area contributed by atoms with E-state index in [1.54, 1.807) is 6.07 Å².